The monoisotopic (exact) mass is 372 g/mol. The van der Waals surface area contributed by atoms with Gasteiger partial charge in [0.1, 0.15) is 5.75 Å². The molecule has 0 aliphatic carbocycles. The average Bonchev–Trinajstić information content (AvgIpc) is 3.02. The van der Waals surface area contributed by atoms with Crippen molar-refractivity contribution >= 4 is 0 Å². The van der Waals surface area contributed by atoms with Gasteiger partial charge in [0.15, 0.2) is 0 Å². The van der Waals surface area contributed by atoms with Gasteiger partial charge in [0.05, 0.1) is 23.1 Å². The van der Waals surface area contributed by atoms with E-state index >= 15 is 0 Å². The van der Waals surface area contributed by atoms with E-state index in [9.17, 15) is 26.3 Å². The Morgan fingerprint density at radius 2 is 1.54 bits per heavy atom. The van der Waals surface area contributed by atoms with Gasteiger partial charge in [0.25, 0.3) is 0 Å². The molecule has 0 aliphatic heterocycles. The summed E-state index contributed by atoms with van der Waals surface area (Å²) in [4.78, 5) is 0. The SMILES string of the molecule is FC(F)(F)Oc1cccc(-c2ccnn2-c2ccc(C(F)(F)F)cc2)c1. The maximum Gasteiger partial charge on any atom is 0.573 e. The third-order valence-corrected chi connectivity index (χ3v) is 3.45. The maximum atomic E-state index is 12.7. The molecule has 1 heterocycles. The van der Waals surface area contributed by atoms with Crippen LogP contribution in [0.25, 0.3) is 16.9 Å². The molecule has 9 heteroatoms. The number of nitrogens with zero attached hydrogens (tertiary/aromatic N) is 2. The molecule has 0 bridgehead atoms. The Hall–Kier alpha value is -2.97. The lowest BCUT2D eigenvalue weighted by atomic mass is 10.1. The highest BCUT2D eigenvalue weighted by molar-refractivity contribution is 5.63. The fraction of sp³-hybridized carbons (Fsp3) is 0.118. The van der Waals surface area contributed by atoms with Crippen LogP contribution >= 0.6 is 0 Å². The van der Waals surface area contributed by atoms with Crippen LogP contribution in [0.3, 0.4) is 0 Å². The maximum absolute atomic E-state index is 12.7. The lowest BCUT2D eigenvalue weighted by molar-refractivity contribution is -0.274. The van der Waals surface area contributed by atoms with E-state index in [-0.39, 0.29) is 0 Å². The van der Waals surface area contributed by atoms with Gasteiger partial charge in [-0.1, -0.05) is 12.1 Å². The van der Waals surface area contributed by atoms with Crippen LogP contribution in [-0.4, -0.2) is 16.1 Å². The topological polar surface area (TPSA) is 27.1 Å². The van der Waals surface area contributed by atoms with E-state index in [0.717, 1.165) is 18.2 Å². The summed E-state index contributed by atoms with van der Waals surface area (Å²) in [5, 5.41) is 4.03. The van der Waals surface area contributed by atoms with Gasteiger partial charge in [0.2, 0.25) is 0 Å². The van der Waals surface area contributed by atoms with E-state index in [2.05, 4.69) is 9.84 Å². The first kappa shape index (κ1) is 17.8. The van der Waals surface area contributed by atoms with Crippen LogP contribution in [-0.2, 0) is 6.18 Å². The van der Waals surface area contributed by atoms with Crippen LogP contribution in [0.15, 0.2) is 60.8 Å². The van der Waals surface area contributed by atoms with Crippen LogP contribution in [0.4, 0.5) is 26.3 Å². The summed E-state index contributed by atoms with van der Waals surface area (Å²) in [6.07, 6.45) is -7.90. The average molecular weight is 372 g/mol. The molecule has 3 nitrogen and oxygen atoms in total. The van der Waals surface area contributed by atoms with Gasteiger partial charge in [-0.2, -0.15) is 18.3 Å². The molecular formula is C17H10F6N2O. The second kappa shape index (κ2) is 6.40. The number of alkyl halides is 6. The van der Waals surface area contributed by atoms with E-state index in [1.165, 1.54) is 41.2 Å². The minimum atomic E-state index is -4.83. The molecule has 0 unspecified atom stereocenters. The summed E-state index contributed by atoms with van der Waals surface area (Å²) in [6, 6.07) is 11.0. The van der Waals surface area contributed by atoms with Gasteiger partial charge in [-0.3, -0.25) is 0 Å². The summed E-state index contributed by atoms with van der Waals surface area (Å²) in [7, 11) is 0. The van der Waals surface area contributed by atoms with Gasteiger partial charge in [0, 0.05) is 5.56 Å². The van der Waals surface area contributed by atoms with E-state index < -0.39 is 23.9 Å². The smallest absolute Gasteiger partial charge is 0.406 e. The number of halogens is 6. The number of rotatable bonds is 3. The predicted octanol–water partition coefficient (Wildman–Crippen LogP) is 5.46. The molecule has 0 N–H and O–H groups in total. The number of hydrogen-bond donors (Lipinski definition) is 0. The van der Waals surface area contributed by atoms with Crippen molar-refractivity contribution in [3.05, 3.63) is 66.4 Å². The normalized spacial score (nSPS) is 12.2. The Kier molecular flexibility index (Phi) is 4.39. The van der Waals surface area contributed by atoms with Crippen molar-refractivity contribution in [1.29, 1.82) is 0 Å². The lowest BCUT2D eigenvalue weighted by Crippen LogP contribution is -2.17. The molecular weight excluding hydrogens is 362 g/mol. The summed E-state index contributed by atoms with van der Waals surface area (Å²) in [5.74, 6) is -0.407. The summed E-state index contributed by atoms with van der Waals surface area (Å²) in [5.41, 5.74) is 0.289. The summed E-state index contributed by atoms with van der Waals surface area (Å²) >= 11 is 0. The number of ether oxygens (including phenoxy) is 1. The second-order valence-electron chi connectivity index (χ2n) is 5.25. The van der Waals surface area contributed by atoms with Gasteiger partial charge < -0.3 is 4.74 Å². The quantitative estimate of drug-likeness (QED) is 0.571. The zero-order valence-corrected chi connectivity index (χ0v) is 12.8. The number of benzene rings is 2. The molecule has 0 atom stereocenters. The van der Waals surface area contributed by atoms with Crippen molar-refractivity contribution in [3.63, 3.8) is 0 Å². The molecule has 0 fully saturated rings. The Morgan fingerprint density at radius 1 is 0.846 bits per heavy atom. The van der Waals surface area contributed by atoms with Crippen molar-refractivity contribution in [2.45, 2.75) is 12.5 Å². The van der Waals surface area contributed by atoms with Crippen LogP contribution < -0.4 is 4.74 Å². The lowest BCUT2D eigenvalue weighted by Gasteiger charge is -2.12. The molecule has 0 saturated carbocycles. The van der Waals surface area contributed by atoms with Crippen molar-refractivity contribution in [1.82, 2.24) is 9.78 Å². The first-order valence-corrected chi connectivity index (χ1v) is 7.21. The molecule has 0 amide bonds. The standard InChI is InChI=1S/C17H10F6N2O/c18-16(19,20)12-4-6-13(7-5-12)25-15(8-9-24-25)11-2-1-3-14(10-11)26-17(21,22)23/h1-10H. The summed E-state index contributed by atoms with van der Waals surface area (Å²) in [6.45, 7) is 0. The van der Waals surface area contributed by atoms with E-state index in [1.54, 1.807) is 6.07 Å². The fourth-order valence-electron chi connectivity index (χ4n) is 2.37. The van der Waals surface area contributed by atoms with E-state index in [1.807, 2.05) is 0 Å². The number of aromatic nitrogens is 2. The molecule has 0 aliphatic rings. The molecule has 0 spiro atoms. The molecule has 0 saturated heterocycles. The van der Waals surface area contributed by atoms with E-state index in [4.69, 9.17) is 0 Å². The summed E-state index contributed by atoms with van der Waals surface area (Å²) < 4.78 is 80.3. The van der Waals surface area contributed by atoms with Gasteiger partial charge in [-0.05, 0) is 42.5 Å². The molecule has 136 valence electrons. The van der Waals surface area contributed by atoms with Crippen LogP contribution in [0.1, 0.15) is 5.56 Å². The molecule has 3 rings (SSSR count). The van der Waals surface area contributed by atoms with Crippen LogP contribution in [0.5, 0.6) is 5.75 Å². The first-order valence-electron chi connectivity index (χ1n) is 7.21. The molecule has 26 heavy (non-hydrogen) atoms. The van der Waals surface area contributed by atoms with Gasteiger partial charge in [-0.25, -0.2) is 4.68 Å². The fourth-order valence-corrected chi connectivity index (χ4v) is 2.37. The van der Waals surface area contributed by atoms with Crippen LogP contribution in [0.2, 0.25) is 0 Å². The number of hydrogen-bond acceptors (Lipinski definition) is 2. The minimum absolute atomic E-state index is 0.333. The van der Waals surface area contributed by atoms with Crippen LogP contribution in [0, 0.1) is 0 Å². The highest BCUT2D eigenvalue weighted by atomic mass is 19.4. The Bertz CT molecular complexity index is 897. The first-order chi connectivity index (χ1) is 12.1. The van der Waals surface area contributed by atoms with Crippen molar-refractivity contribution in [2.24, 2.45) is 0 Å². The van der Waals surface area contributed by atoms with Crippen molar-refractivity contribution < 1.29 is 31.1 Å². The molecule has 3 aromatic rings. The largest absolute Gasteiger partial charge is 0.573 e. The molecule has 1 aromatic heterocycles. The van der Waals surface area contributed by atoms with E-state index in [0.29, 0.717) is 16.9 Å². The molecule has 0 radical (unpaired) electrons. The zero-order valence-electron chi connectivity index (χ0n) is 12.8. The third kappa shape index (κ3) is 3.98. The second-order valence-corrected chi connectivity index (χ2v) is 5.25. The highest BCUT2D eigenvalue weighted by Gasteiger charge is 2.31. The Morgan fingerprint density at radius 3 is 2.15 bits per heavy atom. The third-order valence-electron chi connectivity index (χ3n) is 3.45. The highest BCUT2D eigenvalue weighted by Crippen LogP contribution is 2.31. The van der Waals surface area contributed by atoms with Gasteiger partial charge in [-0.15, -0.1) is 13.2 Å². The Labute approximate surface area is 143 Å². The zero-order chi connectivity index (χ0) is 18.9. The predicted molar refractivity (Wildman–Crippen MR) is 80.7 cm³/mol. The van der Waals surface area contributed by atoms with Crippen molar-refractivity contribution in [3.8, 4) is 22.7 Å². The van der Waals surface area contributed by atoms with Gasteiger partial charge >= 0.3 is 12.5 Å². The molecule has 2 aromatic carbocycles. The Balaban J connectivity index is 1.95. The minimum Gasteiger partial charge on any atom is -0.406 e. The van der Waals surface area contributed by atoms with Crippen molar-refractivity contribution in [2.75, 3.05) is 0 Å².